The van der Waals surface area contributed by atoms with Crippen LogP contribution in [0.25, 0.3) is 10.2 Å². The molecule has 5 rings (SSSR count). The molecule has 3 heterocycles. The number of carbonyl (C=O) groups excluding carboxylic acids is 2. The van der Waals surface area contributed by atoms with E-state index in [1.165, 1.54) is 29.9 Å². The van der Waals surface area contributed by atoms with E-state index in [0.717, 1.165) is 35.9 Å². The predicted molar refractivity (Wildman–Crippen MR) is 121 cm³/mol. The van der Waals surface area contributed by atoms with Crippen molar-refractivity contribution in [2.45, 2.75) is 63.6 Å². The zero-order chi connectivity index (χ0) is 21.6. The van der Waals surface area contributed by atoms with E-state index in [9.17, 15) is 14.0 Å². The second-order valence-electron chi connectivity index (χ2n) is 8.84. The molecule has 0 bridgehead atoms. The van der Waals surface area contributed by atoms with E-state index in [1.807, 2.05) is 22.1 Å². The summed E-state index contributed by atoms with van der Waals surface area (Å²) in [6.45, 7) is 2.12. The molecule has 1 fully saturated rings. The van der Waals surface area contributed by atoms with Crippen LogP contribution in [0, 0.1) is 5.82 Å². The highest BCUT2D eigenvalue weighted by Gasteiger charge is 2.49. The Morgan fingerprint density at radius 1 is 1.16 bits per heavy atom. The van der Waals surface area contributed by atoms with Gasteiger partial charge in [-0.05, 0) is 55.5 Å². The van der Waals surface area contributed by atoms with Crippen molar-refractivity contribution in [1.82, 2.24) is 9.88 Å². The predicted octanol–water partition coefficient (Wildman–Crippen LogP) is 5.10. The Morgan fingerprint density at radius 3 is 2.68 bits per heavy atom. The van der Waals surface area contributed by atoms with E-state index >= 15 is 0 Å². The Bertz CT molecular complexity index is 1140. The zero-order valence-electron chi connectivity index (χ0n) is 17.6. The van der Waals surface area contributed by atoms with Gasteiger partial charge in [0, 0.05) is 11.7 Å². The molecular formula is C24H26FN3O2S. The van der Waals surface area contributed by atoms with Gasteiger partial charge in [-0.2, -0.15) is 0 Å². The van der Waals surface area contributed by atoms with Crippen LogP contribution in [0.2, 0.25) is 0 Å². The topological polar surface area (TPSA) is 54.3 Å². The molecule has 1 saturated carbocycles. The van der Waals surface area contributed by atoms with Gasteiger partial charge in [-0.15, -0.1) is 11.3 Å². The largest absolute Gasteiger partial charge is 0.351 e. The number of carbonyl (C=O) groups is 2. The van der Waals surface area contributed by atoms with Crippen LogP contribution in [-0.2, 0) is 11.3 Å². The maximum absolute atomic E-state index is 14.1. The average molecular weight is 440 g/mol. The molecule has 7 heteroatoms. The van der Waals surface area contributed by atoms with Gasteiger partial charge in [0.25, 0.3) is 5.91 Å². The Balaban J connectivity index is 1.58. The number of hydrogen-bond donors (Lipinski definition) is 1. The number of anilines is 1. The first kappa shape index (κ1) is 20.2. The first-order valence-electron chi connectivity index (χ1n) is 11.0. The lowest BCUT2D eigenvalue weighted by molar-refractivity contribution is -0.127. The van der Waals surface area contributed by atoms with Crippen molar-refractivity contribution in [2.24, 2.45) is 0 Å². The fourth-order valence-electron chi connectivity index (χ4n) is 5.00. The number of thiophene rings is 1. The van der Waals surface area contributed by atoms with E-state index in [4.69, 9.17) is 0 Å². The number of fused-ring (bicyclic) bond motifs is 3. The normalized spacial score (nSPS) is 22.4. The monoisotopic (exact) mass is 439 g/mol. The van der Waals surface area contributed by atoms with Crippen LogP contribution in [0.1, 0.15) is 55.9 Å². The molecule has 2 aromatic heterocycles. The van der Waals surface area contributed by atoms with Crippen molar-refractivity contribution < 1.29 is 14.0 Å². The molecule has 0 spiro atoms. The fraction of sp³-hybridized carbons (Fsp3) is 0.417. The van der Waals surface area contributed by atoms with E-state index in [0.29, 0.717) is 17.9 Å². The van der Waals surface area contributed by atoms with Gasteiger partial charge in [-0.25, -0.2) is 4.39 Å². The minimum atomic E-state index is -1.17. The number of hydrogen-bond acceptors (Lipinski definition) is 3. The maximum atomic E-state index is 14.1. The van der Waals surface area contributed by atoms with Crippen LogP contribution in [0.4, 0.5) is 10.1 Å². The molecule has 1 atom stereocenters. The molecule has 3 aromatic rings. The van der Waals surface area contributed by atoms with Crippen molar-refractivity contribution in [2.75, 3.05) is 4.90 Å². The van der Waals surface area contributed by atoms with Crippen molar-refractivity contribution in [3.8, 4) is 0 Å². The van der Waals surface area contributed by atoms with Crippen LogP contribution >= 0.6 is 11.3 Å². The number of halogens is 1. The number of amides is 2. The van der Waals surface area contributed by atoms with Gasteiger partial charge in [-0.3, -0.25) is 14.5 Å². The highest BCUT2D eigenvalue weighted by Crippen LogP contribution is 2.37. The first-order chi connectivity index (χ1) is 15.0. The van der Waals surface area contributed by atoms with Crippen molar-refractivity contribution in [1.29, 1.82) is 0 Å². The van der Waals surface area contributed by atoms with E-state index in [-0.39, 0.29) is 17.9 Å². The third kappa shape index (κ3) is 3.45. The van der Waals surface area contributed by atoms with E-state index < -0.39 is 11.4 Å². The number of benzene rings is 1. The van der Waals surface area contributed by atoms with Crippen molar-refractivity contribution >= 4 is 39.1 Å². The Kier molecular flexibility index (Phi) is 5.08. The van der Waals surface area contributed by atoms with Crippen LogP contribution in [0.3, 0.4) is 0 Å². The van der Waals surface area contributed by atoms with Crippen LogP contribution < -0.4 is 10.2 Å². The van der Waals surface area contributed by atoms with Gasteiger partial charge < -0.3 is 9.88 Å². The van der Waals surface area contributed by atoms with Crippen LogP contribution in [-0.4, -0.2) is 28.0 Å². The molecule has 1 aromatic carbocycles. The fourth-order valence-corrected chi connectivity index (χ4v) is 5.82. The number of aromatic nitrogens is 1. The quantitative estimate of drug-likeness (QED) is 0.577. The number of nitrogens with zero attached hydrogens (tertiary/aromatic N) is 2. The van der Waals surface area contributed by atoms with E-state index in [1.54, 1.807) is 30.4 Å². The lowest BCUT2D eigenvalue weighted by Gasteiger charge is -2.44. The highest BCUT2D eigenvalue weighted by atomic mass is 32.1. The van der Waals surface area contributed by atoms with Crippen molar-refractivity contribution in [3.63, 3.8) is 0 Å². The van der Waals surface area contributed by atoms with Gasteiger partial charge in [-0.1, -0.05) is 31.7 Å². The van der Waals surface area contributed by atoms with Crippen molar-refractivity contribution in [3.05, 3.63) is 53.3 Å². The molecule has 0 radical (unpaired) electrons. The SMILES string of the molecule is CC1(C(=O)NC2CCCCCC2)Cn2c(cc3sccc32)C(=O)N1c1cccc(F)c1. The van der Waals surface area contributed by atoms with Gasteiger partial charge in [0.2, 0.25) is 5.91 Å². The first-order valence-corrected chi connectivity index (χ1v) is 11.8. The molecule has 1 unspecified atom stereocenters. The summed E-state index contributed by atoms with van der Waals surface area (Å²) < 4.78 is 17.0. The third-order valence-electron chi connectivity index (χ3n) is 6.65. The number of nitrogens with one attached hydrogen (secondary N) is 1. The second-order valence-corrected chi connectivity index (χ2v) is 9.79. The van der Waals surface area contributed by atoms with E-state index in [2.05, 4.69) is 5.32 Å². The maximum Gasteiger partial charge on any atom is 0.275 e. The zero-order valence-corrected chi connectivity index (χ0v) is 18.4. The van der Waals surface area contributed by atoms with Gasteiger partial charge in [0.1, 0.15) is 17.1 Å². The summed E-state index contributed by atoms with van der Waals surface area (Å²) in [5.41, 5.74) is 0.726. The Morgan fingerprint density at radius 2 is 1.94 bits per heavy atom. The Hall–Kier alpha value is -2.67. The summed E-state index contributed by atoms with van der Waals surface area (Å²) in [5, 5.41) is 5.22. The molecule has 31 heavy (non-hydrogen) atoms. The van der Waals surface area contributed by atoms with Gasteiger partial charge in [0.15, 0.2) is 0 Å². The summed E-state index contributed by atoms with van der Waals surface area (Å²) in [4.78, 5) is 28.9. The molecule has 1 N–H and O–H groups in total. The molecule has 2 amide bonds. The minimum Gasteiger partial charge on any atom is -0.351 e. The van der Waals surface area contributed by atoms with Crippen LogP contribution in [0.5, 0.6) is 0 Å². The summed E-state index contributed by atoms with van der Waals surface area (Å²) in [7, 11) is 0. The molecule has 2 aliphatic rings. The molecule has 1 aliphatic heterocycles. The van der Waals surface area contributed by atoms with Gasteiger partial charge in [0.05, 0.1) is 16.8 Å². The minimum absolute atomic E-state index is 0.114. The highest BCUT2D eigenvalue weighted by molar-refractivity contribution is 7.17. The second kappa shape index (κ2) is 7.79. The smallest absolute Gasteiger partial charge is 0.275 e. The molecule has 1 aliphatic carbocycles. The summed E-state index contributed by atoms with van der Waals surface area (Å²) in [6.07, 6.45) is 6.51. The Labute approximate surface area is 184 Å². The summed E-state index contributed by atoms with van der Waals surface area (Å²) >= 11 is 1.57. The molecule has 162 valence electrons. The van der Waals surface area contributed by atoms with Gasteiger partial charge >= 0.3 is 0 Å². The third-order valence-corrected chi connectivity index (χ3v) is 7.50. The standard InChI is InChI=1S/C24H26FN3O2S/c1-24(23(30)26-17-8-4-2-3-5-9-17)15-27-19-11-12-31-21(19)14-20(27)22(29)28(24)18-10-6-7-16(25)13-18/h6-7,10-14,17H,2-5,8-9,15H2,1H3,(H,26,30). The average Bonchev–Trinajstić information content (AvgIpc) is 3.23. The molecule has 0 saturated heterocycles. The molecule has 5 nitrogen and oxygen atoms in total. The van der Waals surface area contributed by atoms with Crippen LogP contribution in [0.15, 0.2) is 41.8 Å². The molecular weight excluding hydrogens is 413 g/mol. The summed E-state index contributed by atoms with van der Waals surface area (Å²) in [6, 6.07) is 9.92. The lowest BCUT2D eigenvalue weighted by atomic mass is 9.92. The number of rotatable bonds is 3. The lowest BCUT2D eigenvalue weighted by Crippen LogP contribution is -2.65. The summed E-state index contributed by atoms with van der Waals surface area (Å²) in [5.74, 6) is -0.891.